The van der Waals surface area contributed by atoms with Gasteiger partial charge in [-0.1, -0.05) is 11.8 Å². The molecule has 1 aromatic heterocycles. The summed E-state index contributed by atoms with van der Waals surface area (Å²) >= 11 is 1.19. The summed E-state index contributed by atoms with van der Waals surface area (Å²) in [5, 5.41) is 0.0929. The van der Waals surface area contributed by atoms with E-state index in [0.29, 0.717) is 5.03 Å². The smallest absolute Gasteiger partial charge is 0.342 e. The quantitative estimate of drug-likeness (QED) is 0.804. The normalized spacial score (nSPS) is 17.3. The van der Waals surface area contributed by atoms with Crippen molar-refractivity contribution in [3.63, 3.8) is 0 Å². The molecule has 0 saturated carbocycles. The van der Waals surface area contributed by atoms with E-state index in [1.807, 2.05) is 0 Å². The number of carbonyl (C=O) groups excluding carboxylic acids is 1. The van der Waals surface area contributed by atoms with Gasteiger partial charge in [0.15, 0.2) is 0 Å². The van der Waals surface area contributed by atoms with Crippen LogP contribution in [-0.4, -0.2) is 34.1 Å². The van der Waals surface area contributed by atoms with Crippen molar-refractivity contribution in [3.8, 4) is 0 Å². The molecule has 1 unspecified atom stereocenters. The maximum atomic E-state index is 12.4. The number of carbonyl (C=O) groups is 1. The molecule has 20 heavy (non-hydrogen) atoms. The molecule has 1 fully saturated rings. The summed E-state index contributed by atoms with van der Waals surface area (Å²) in [6.07, 6.45) is -1.55. The molecule has 110 valence electrons. The van der Waals surface area contributed by atoms with Gasteiger partial charge in [-0.2, -0.15) is 13.2 Å². The van der Waals surface area contributed by atoms with Gasteiger partial charge in [-0.25, -0.2) is 4.98 Å². The third-order valence-electron chi connectivity index (χ3n) is 3.13. The highest BCUT2D eigenvalue weighted by Gasteiger charge is 2.31. The molecule has 2 heterocycles. The molecule has 0 radical (unpaired) electrons. The molecule has 0 N–H and O–H groups in total. The standard InChI is InChI=1S/C13H15F3N2OS/c1-9(12(19)18-6-2-3-7-18)20-11-5-4-10(8-17-11)13(14,15)16/h4-5,8-9H,2-3,6-7H2,1H3. The van der Waals surface area contributed by atoms with Gasteiger partial charge in [0.2, 0.25) is 5.91 Å². The summed E-state index contributed by atoms with van der Waals surface area (Å²) in [7, 11) is 0. The van der Waals surface area contributed by atoms with Crippen molar-refractivity contribution < 1.29 is 18.0 Å². The van der Waals surface area contributed by atoms with Crippen molar-refractivity contribution in [1.29, 1.82) is 0 Å². The monoisotopic (exact) mass is 304 g/mol. The minimum Gasteiger partial charge on any atom is -0.342 e. The highest BCUT2D eigenvalue weighted by Crippen LogP contribution is 2.30. The van der Waals surface area contributed by atoms with Crippen LogP contribution in [0.25, 0.3) is 0 Å². The SMILES string of the molecule is CC(Sc1ccc(C(F)(F)F)cn1)C(=O)N1CCCC1. The summed E-state index contributed by atoms with van der Waals surface area (Å²) in [4.78, 5) is 17.6. The first-order chi connectivity index (χ1) is 9.38. The van der Waals surface area contributed by atoms with Gasteiger partial charge in [-0.3, -0.25) is 4.79 Å². The molecule has 0 aliphatic carbocycles. The number of hydrogen-bond acceptors (Lipinski definition) is 3. The predicted octanol–water partition coefficient (Wildman–Crippen LogP) is 3.20. The van der Waals surface area contributed by atoms with Gasteiger partial charge in [-0.15, -0.1) is 0 Å². The summed E-state index contributed by atoms with van der Waals surface area (Å²) < 4.78 is 37.2. The predicted molar refractivity (Wildman–Crippen MR) is 70.4 cm³/mol. The molecule has 0 spiro atoms. The van der Waals surface area contributed by atoms with Crippen molar-refractivity contribution >= 4 is 17.7 Å². The van der Waals surface area contributed by atoms with E-state index in [-0.39, 0.29) is 11.2 Å². The largest absolute Gasteiger partial charge is 0.417 e. The molecule has 3 nitrogen and oxygen atoms in total. The Hall–Kier alpha value is -1.24. The van der Waals surface area contributed by atoms with Crippen LogP contribution in [-0.2, 0) is 11.0 Å². The fourth-order valence-corrected chi connectivity index (χ4v) is 2.92. The first-order valence-electron chi connectivity index (χ1n) is 6.36. The molecule has 1 aliphatic heterocycles. The Bertz CT molecular complexity index is 469. The third-order valence-corrected chi connectivity index (χ3v) is 4.16. The molecular weight excluding hydrogens is 289 g/mol. The molecule has 7 heteroatoms. The lowest BCUT2D eigenvalue weighted by Gasteiger charge is -2.19. The van der Waals surface area contributed by atoms with Gasteiger partial charge < -0.3 is 4.90 Å². The Morgan fingerprint density at radius 2 is 2.00 bits per heavy atom. The van der Waals surface area contributed by atoms with E-state index >= 15 is 0 Å². The minimum absolute atomic E-state index is 0.0224. The molecule has 0 bridgehead atoms. The first kappa shape index (κ1) is 15.2. The summed E-state index contributed by atoms with van der Waals surface area (Å²) in [5.41, 5.74) is -0.777. The van der Waals surface area contributed by atoms with Gasteiger partial charge in [0.1, 0.15) is 0 Å². The molecule has 1 amide bonds. The van der Waals surface area contributed by atoms with Crippen LogP contribution in [0.3, 0.4) is 0 Å². The highest BCUT2D eigenvalue weighted by molar-refractivity contribution is 8.00. The van der Waals surface area contributed by atoms with Crippen LogP contribution >= 0.6 is 11.8 Å². The molecular formula is C13H15F3N2OS. The first-order valence-corrected chi connectivity index (χ1v) is 7.24. The average Bonchev–Trinajstić information content (AvgIpc) is 2.91. The average molecular weight is 304 g/mol. The fourth-order valence-electron chi connectivity index (χ4n) is 2.04. The maximum absolute atomic E-state index is 12.4. The van der Waals surface area contributed by atoms with E-state index in [0.717, 1.165) is 38.2 Å². The van der Waals surface area contributed by atoms with Gasteiger partial charge >= 0.3 is 6.18 Å². The van der Waals surface area contributed by atoms with E-state index < -0.39 is 11.7 Å². The third kappa shape index (κ3) is 3.65. The van der Waals surface area contributed by atoms with Crippen LogP contribution in [0.15, 0.2) is 23.4 Å². The van der Waals surface area contributed by atoms with Crippen LogP contribution in [0, 0.1) is 0 Å². The zero-order chi connectivity index (χ0) is 14.8. The van der Waals surface area contributed by atoms with Gasteiger partial charge in [0, 0.05) is 19.3 Å². The number of thioether (sulfide) groups is 1. The van der Waals surface area contributed by atoms with E-state index in [9.17, 15) is 18.0 Å². The Morgan fingerprint density at radius 3 is 2.50 bits per heavy atom. The van der Waals surface area contributed by atoms with Crippen molar-refractivity contribution in [2.75, 3.05) is 13.1 Å². The highest BCUT2D eigenvalue weighted by atomic mass is 32.2. The molecule has 1 aliphatic rings. The summed E-state index contributed by atoms with van der Waals surface area (Å²) in [5.74, 6) is 0.0224. The summed E-state index contributed by atoms with van der Waals surface area (Å²) in [6, 6.07) is 2.30. The Morgan fingerprint density at radius 1 is 1.35 bits per heavy atom. The van der Waals surface area contributed by atoms with Crippen molar-refractivity contribution in [3.05, 3.63) is 23.9 Å². The zero-order valence-electron chi connectivity index (χ0n) is 11.0. The lowest BCUT2D eigenvalue weighted by Crippen LogP contribution is -2.34. The molecule has 1 atom stereocenters. The van der Waals surface area contributed by atoms with Crippen molar-refractivity contribution in [2.24, 2.45) is 0 Å². The van der Waals surface area contributed by atoms with Crippen molar-refractivity contribution in [1.82, 2.24) is 9.88 Å². The molecule has 2 rings (SSSR count). The van der Waals surface area contributed by atoms with Crippen molar-refractivity contribution in [2.45, 2.75) is 36.2 Å². The second kappa shape index (κ2) is 6.03. The van der Waals surface area contributed by atoms with Gasteiger partial charge in [0.25, 0.3) is 0 Å². The molecule has 0 aromatic carbocycles. The van der Waals surface area contributed by atoms with Crippen LogP contribution in [0.2, 0.25) is 0 Å². The topological polar surface area (TPSA) is 33.2 Å². The van der Waals surface area contributed by atoms with Crippen LogP contribution < -0.4 is 0 Å². The van der Waals surface area contributed by atoms with Crippen LogP contribution in [0.5, 0.6) is 0 Å². The van der Waals surface area contributed by atoms with E-state index in [1.165, 1.54) is 17.8 Å². The number of likely N-dealkylation sites (tertiary alicyclic amines) is 1. The second-order valence-corrected chi connectivity index (χ2v) is 6.04. The number of halogens is 3. The number of hydrogen-bond donors (Lipinski definition) is 0. The minimum atomic E-state index is -4.38. The fraction of sp³-hybridized carbons (Fsp3) is 0.538. The van der Waals surface area contributed by atoms with E-state index in [4.69, 9.17) is 0 Å². The Labute approximate surface area is 119 Å². The molecule has 1 aromatic rings. The maximum Gasteiger partial charge on any atom is 0.417 e. The summed E-state index contributed by atoms with van der Waals surface area (Å²) in [6.45, 7) is 3.29. The number of amides is 1. The lowest BCUT2D eigenvalue weighted by molar-refractivity contribution is -0.138. The zero-order valence-corrected chi connectivity index (χ0v) is 11.8. The van der Waals surface area contributed by atoms with E-state index in [2.05, 4.69) is 4.98 Å². The number of alkyl halides is 3. The number of rotatable bonds is 3. The van der Waals surface area contributed by atoms with Crippen LogP contribution in [0.4, 0.5) is 13.2 Å². The second-order valence-electron chi connectivity index (χ2n) is 4.68. The van der Waals surface area contributed by atoms with Gasteiger partial charge in [0.05, 0.1) is 15.8 Å². The van der Waals surface area contributed by atoms with Crippen LogP contribution in [0.1, 0.15) is 25.3 Å². The molecule has 1 saturated heterocycles. The number of nitrogens with zero attached hydrogens (tertiary/aromatic N) is 2. The van der Waals surface area contributed by atoms with Gasteiger partial charge in [-0.05, 0) is 31.9 Å². The Balaban J connectivity index is 1.97. The number of pyridine rings is 1. The lowest BCUT2D eigenvalue weighted by atomic mass is 10.3. The Kier molecular flexibility index (Phi) is 4.57. The van der Waals surface area contributed by atoms with E-state index in [1.54, 1.807) is 11.8 Å². The number of aromatic nitrogens is 1.